The summed E-state index contributed by atoms with van der Waals surface area (Å²) in [5.41, 5.74) is -0.909. The monoisotopic (exact) mass is 348 g/mol. The molecule has 26 heavy (non-hydrogen) atoms. The van der Waals surface area contributed by atoms with Gasteiger partial charge in [-0.3, -0.25) is 4.79 Å². The van der Waals surface area contributed by atoms with Crippen molar-refractivity contribution in [3.63, 3.8) is 0 Å². The van der Waals surface area contributed by atoms with Crippen molar-refractivity contribution >= 4 is 29.6 Å². The summed E-state index contributed by atoms with van der Waals surface area (Å²) in [6, 6.07) is 9.23. The number of benzene rings is 2. The van der Waals surface area contributed by atoms with Gasteiger partial charge in [0, 0.05) is 0 Å². The summed E-state index contributed by atoms with van der Waals surface area (Å²) >= 11 is 0. The van der Waals surface area contributed by atoms with Crippen LogP contribution in [0.1, 0.15) is 32.4 Å². The fourth-order valence-corrected chi connectivity index (χ4v) is 2.76. The summed E-state index contributed by atoms with van der Waals surface area (Å²) in [6.45, 7) is 0. The molecule has 0 saturated carbocycles. The van der Waals surface area contributed by atoms with Crippen LogP contribution in [0.5, 0.6) is 5.75 Å². The lowest BCUT2D eigenvalue weighted by molar-refractivity contribution is 0.0693. The molecule has 7 heteroatoms. The lowest BCUT2D eigenvalue weighted by Crippen LogP contribution is -2.41. The predicted molar refractivity (Wildman–Crippen MR) is 85.6 cm³/mol. The zero-order valence-electron chi connectivity index (χ0n) is 12.9. The number of ketones is 1. The van der Waals surface area contributed by atoms with Gasteiger partial charge in [-0.1, -0.05) is 30.3 Å². The van der Waals surface area contributed by atoms with Crippen LogP contribution >= 0.6 is 0 Å². The molecule has 1 unspecified atom stereocenters. The maximum atomic E-state index is 12.7. The fraction of sp³-hybridized carbons (Fsp3) is 0.0526. The average molecular weight is 348 g/mol. The number of aromatic carboxylic acids is 1. The van der Waals surface area contributed by atoms with Gasteiger partial charge >= 0.3 is 5.97 Å². The molecule has 2 aromatic carbocycles. The van der Waals surface area contributed by atoms with Gasteiger partial charge in [0.15, 0.2) is 6.10 Å². The van der Waals surface area contributed by atoms with Gasteiger partial charge in [-0.25, -0.2) is 19.2 Å². The maximum absolute atomic E-state index is 12.7. The van der Waals surface area contributed by atoms with Gasteiger partial charge in [-0.2, -0.15) is 0 Å². The molecule has 1 atom stereocenters. The molecular weight excluding hydrogens is 340 g/mol. The number of hydrogen-bond acceptors (Lipinski definition) is 6. The highest BCUT2D eigenvalue weighted by Gasteiger charge is 2.36. The molecule has 1 aliphatic rings. The van der Waals surface area contributed by atoms with Gasteiger partial charge in [-0.05, 0) is 11.6 Å². The second-order valence-corrected chi connectivity index (χ2v) is 5.31. The van der Waals surface area contributed by atoms with Crippen LogP contribution in [-0.2, 0) is 14.4 Å². The van der Waals surface area contributed by atoms with Crippen molar-refractivity contribution in [2.45, 2.75) is 6.10 Å². The van der Waals surface area contributed by atoms with Crippen LogP contribution in [0.3, 0.4) is 0 Å². The van der Waals surface area contributed by atoms with E-state index in [4.69, 9.17) is 4.74 Å². The van der Waals surface area contributed by atoms with Crippen molar-refractivity contribution in [3.05, 3.63) is 69.1 Å². The standard InChI is InChI=1S/C19H8O7/c20-7-12-11(19(24)25)6-15-16(13(12)8-21)17(23)14(9-22)18(26-15)10-4-2-1-3-5-10/h1-6,18H,(H,24,25). The van der Waals surface area contributed by atoms with E-state index in [0.717, 1.165) is 6.07 Å². The van der Waals surface area contributed by atoms with Crippen LogP contribution in [0.4, 0.5) is 0 Å². The molecule has 0 amide bonds. The highest BCUT2D eigenvalue weighted by Crippen LogP contribution is 2.35. The predicted octanol–water partition coefficient (Wildman–Crippen LogP) is -0.534. The Kier molecular flexibility index (Phi) is 4.19. The Balaban J connectivity index is 2.39. The third-order valence-corrected chi connectivity index (χ3v) is 3.92. The molecule has 126 valence electrons. The highest BCUT2D eigenvalue weighted by molar-refractivity contribution is 6.17. The number of carbonyl (C=O) groups is 2. The largest absolute Gasteiger partial charge is 0.479 e. The molecule has 0 aliphatic carbocycles. The number of carboxylic acids is 1. The SMILES string of the molecule is O=C=C1C(=O)c2c(cc(C(=O)O)c(=C=O)c2=C=O)OC1c1ccccc1. The molecule has 0 radical (unpaired) electrons. The molecular formula is C19H8O7. The van der Waals surface area contributed by atoms with E-state index < -0.39 is 45.0 Å². The van der Waals surface area contributed by atoms with E-state index >= 15 is 0 Å². The Morgan fingerprint density at radius 2 is 1.65 bits per heavy atom. The minimum Gasteiger partial charge on any atom is -0.479 e. The number of hydrogen-bond donors (Lipinski definition) is 1. The first-order valence-corrected chi connectivity index (χ1v) is 7.25. The Labute approximate surface area is 145 Å². The number of fused-ring (bicyclic) bond motifs is 1. The molecule has 0 aromatic heterocycles. The zero-order valence-corrected chi connectivity index (χ0v) is 12.9. The Morgan fingerprint density at radius 1 is 1.00 bits per heavy atom. The van der Waals surface area contributed by atoms with Gasteiger partial charge in [0.05, 0.1) is 21.6 Å². The molecule has 0 bridgehead atoms. The zero-order chi connectivity index (χ0) is 18.8. The number of carbonyl (C=O) groups excluding carboxylic acids is 4. The van der Waals surface area contributed by atoms with Gasteiger partial charge < -0.3 is 9.84 Å². The van der Waals surface area contributed by atoms with E-state index in [2.05, 4.69) is 0 Å². The van der Waals surface area contributed by atoms with Crippen molar-refractivity contribution in [1.82, 2.24) is 0 Å². The number of carboxylic acid groups (broad SMARTS) is 1. The minimum atomic E-state index is -1.51. The van der Waals surface area contributed by atoms with Crippen LogP contribution in [-0.4, -0.2) is 34.7 Å². The second kappa shape index (κ2) is 6.48. The van der Waals surface area contributed by atoms with Crippen LogP contribution in [0.2, 0.25) is 0 Å². The molecule has 7 nitrogen and oxygen atoms in total. The van der Waals surface area contributed by atoms with E-state index in [1.807, 2.05) is 0 Å². The van der Waals surface area contributed by atoms with Crippen molar-refractivity contribution in [2.24, 2.45) is 0 Å². The summed E-state index contributed by atoms with van der Waals surface area (Å²) < 4.78 is 5.63. The number of ether oxygens (including phenoxy) is 1. The number of rotatable bonds is 2. The Hall–Kier alpha value is -4.01. The van der Waals surface area contributed by atoms with Crippen molar-refractivity contribution in [3.8, 4) is 5.75 Å². The Morgan fingerprint density at radius 3 is 2.19 bits per heavy atom. The molecule has 0 saturated heterocycles. The summed E-state index contributed by atoms with van der Waals surface area (Å²) in [6.07, 6.45) is -1.12. The minimum absolute atomic E-state index is 0.238. The van der Waals surface area contributed by atoms with Gasteiger partial charge in [0.25, 0.3) is 0 Å². The molecule has 0 spiro atoms. The second-order valence-electron chi connectivity index (χ2n) is 5.31. The molecule has 1 aliphatic heterocycles. The van der Waals surface area contributed by atoms with Gasteiger partial charge in [0.2, 0.25) is 5.78 Å². The van der Waals surface area contributed by atoms with Gasteiger partial charge in [-0.15, -0.1) is 0 Å². The first kappa shape index (κ1) is 16.8. The Bertz CT molecular complexity index is 1160. The summed E-state index contributed by atoms with van der Waals surface area (Å²) in [5.74, 6) is 1.60. The smallest absolute Gasteiger partial charge is 0.337 e. The fourth-order valence-electron chi connectivity index (χ4n) is 2.76. The number of Topliss-reactive ketones (excluding diaryl/α,β-unsaturated/α-hetero) is 1. The quantitative estimate of drug-likeness (QED) is 0.573. The molecule has 1 heterocycles. The third kappa shape index (κ3) is 2.47. The molecule has 3 rings (SSSR count). The van der Waals surface area contributed by atoms with Crippen LogP contribution < -0.4 is 15.2 Å². The highest BCUT2D eigenvalue weighted by atomic mass is 16.5. The summed E-state index contributed by atoms with van der Waals surface area (Å²) in [4.78, 5) is 57.9. The topological polar surface area (TPSA) is 115 Å². The lowest BCUT2D eigenvalue weighted by Gasteiger charge is -2.26. The van der Waals surface area contributed by atoms with Crippen molar-refractivity contribution < 1.29 is 33.8 Å². The van der Waals surface area contributed by atoms with E-state index in [0.29, 0.717) is 5.56 Å². The van der Waals surface area contributed by atoms with Gasteiger partial charge in [0.1, 0.15) is 29.1 Å². The van der Waals surface area contributed by atoms with E-state index in [1.54, 1.807) is 30.3 Å². The van der Waals surface area contributed by atoms with E-state index in [1.165, 1.54) is 17.8 Å². The molecule has 0 fully saturated rings. The average Bonchev–Trinajstić information content (AvgIpc) is 2.66. The summed E-state index contributed by atoms with van der Waals surface area (Å²) in [7, 11) is 0. The first-order chi connectivity index (χ1) is 12.5. The van der Waals surface area contributed by atoms with Crippen molar-refractivity contribution in [1.29, 1.82) is 0 Å². The normalized spacial score (nSPS) is 15.2. The molecule has 2 aromatic rings. The van der Waals surface area contributed by atoms with Crippen LogP contribution in [0.25, 0.3) is 0 Å². The lowest BCUT2D eigenvalue weighted by atomic mass is 9.89. The van der Waals surface area contributed by atoms with Crippen LogP contribution in [0.15, 0.2) is 42.0 Å². The van der Waals surface area contributed by atoms with E-state index in [-0.39, 0.29) is 5.75 Å². The van der Waals surface area contributed by atoms with Crippen molar-refractivity contribution in [2.75, 3.05) is 0 Å². The third-order valence-electron chi connectivity index (χ3n) is 3.92. The molecule has 1 N–H and O–H groups in total. The van der Waals surface area contributed by atoms with E-state index in [9.17, 15) is 29.1 Å². The maximum Gasteiger partial charge on any atom is 0.337 e. The van der Waals surface area contributed by atoms with Crippen LogP contribution in [0, 0.1) is 0 Å². The summed E-state index contributed by atoms with van der Waals surface area (Å²) in [5, 5.41) is 8.00. The first-order valence-electron chi connectivity index (χ1n) is 7.25.